The lowest BCUT2D eigenvalue weighted by Gasteiger charge is -2.23. The lowest BCUT2D eigenvalue weighted by Crippen LogP contribution is -2.98. The minimum atomic E-state index is -4.48. The summed E-state index contributed by atoms with van der Waals surface area (Å²) in [6.07, 6.45) is 0. The third-order valence-corrected chi connectivity index (χ3v) is 6.45. The van der Waals surface area contributed by atoms with Gasteiger partial charge in [-0.3, -0.25) is 20.2 Å². The molecule has 0 amide bonds. The molecule has 2 heterocycles. The van der Waals surface area contributed by atoms with Gasteiger partial charge in [0.1, 0.15) is 21.3 Å². The van der Waals surface area contributed by atoms with Gasteiger partial charge >= 0.3 is 11.8 Å². The number of hydrazine groups is 1. The van der Waals surface area contributed by atoms with E-state index in [1.54, 1.807) is 32.2 Å². The van der Waals surface area contributed by atoms with E-state index < -0.39 is 25.9 Å². The van der Waals surface area contributed by atoms with Gasteiger partial charge in [0.05, 0.1) is 32.6 Å². The van der Waals surface area contributed by atoms with Crippen LogP contribution < -0.4 is 15.7 Å². The van der Waals surface area contributed by atoms with Crippen LogP contribution in [0, 0.1) is 20.2 Å². The number of nitro benzene ring substituents is 2. The number of nitrogens with zero attached hydrogens (tertiary/aromatic N) is 8. The first-order valence-electron chi connectivity index (χ1n) is 11.8. The number of benzene rings is 3. The van der Waals surface area contributed by atoms with Crippen molar-refractivity contribution in [3.05, 3.63) is 87.0 Å². The van der Waals surface area contributed by atoms with E-state index in [1.807, 2.05) is 0 Å². The monoisotopic (exact) mass is 599 g/mol. The van der Waals surface area contributed by atoms with Crippen LogP contribution in [0.25, 0.3) is 11.0 Å². The summed E-state index contributed by atoms with van der Waals surface area (Å²) in [4.78, 5) is 32.8. The highest BCUT2D eigenvalue weighted by Gasteiger charge is 2.36. The Bertz CT molecular complexity index is 1820. The minimum absolute atomic E-state index is 0.0557. The molecule has 0 aliphatic carbocycles. The molecule has 4 aromatic rings. The molecule has 0 spiro atoms. The molecule has 218 valence electrons. The molecule has 5 rings (SSSR count). The summed E-state index contributed by atoms with van der Waals surface area (Å²) in [6, 6.07) is 15.6. The molecule has 3 aromatic carbocycles. The van der Waals surface area contributed by atoms with Gasteiger partial charge in [-0.05, 0) is 31.2 Å². The molecule has 42 heavy (non-hydrogen) atoms. The molecule has 0 unspecified atom stereocenters. The van der Waals surface area contributed by atoms with Crippen LogP contribution in [0.2, 0.25) is 0 Å². The zero-order valence-electron chi connectivity index (χ0n) is 21.8. The molecular weight excluding hydrogens is 578 g/mol. The normalized spacial score (nSPS) is 12.9. The van der Waals surface area contributed by atoms with Crippen LogP contribution >= 0.6 is 0 Å². The smallest absolute Gasteiger partial charge is 0.418 e. The number of hydrogen-bond acceptors (Lipinski definition) is 14. The molecule has 0 saturated heterocycles. The van der Waals surface area contributed by atoms with Crippen molar-refractivity contribution in [3.63, 3.8) is 0 Å². The number of carbonyl (C=O) groups excluding carboxylic acids is 1. The predicted octanol–water partition coefficient (Wildman–Crippen LogP) is 0.972. The van der Waals surface area contributed by atoms with Crippen LogP contribution in [0.1, 0.15) is 6.92 Å². The van der Waals surface area contributed by atoms with Crippen LogP contribution in [-0.4, -0.2) is 56.2 Å². The molecule has 0 atom stereocenters. The van der Waals surface area contributed by atoms with Crippen molar-refractivity contribution < 1.29 is 37.8 Å². The average Bonchev–Trinajstić information content (AvgIpc) is 3.58. The number of fused-ring (bicyclic) bond motifs is 1. The van der Waals surface area contributed by atoms with Gasteiger partial charge in [-0.1, -0.05) is 28.5 Å². The minimum Gasteiger partial charge on any atom is -0.744 e. The Morgan fingerprint density at radius 3 is 2.17 bits per heavy atom. The Kier molecular flexibility index (Phi) is 8.36. The number of quaternary nitrogens is 1. The van der Waals surface area contributed by atoms with Crippen molar-refractivity contribution in [3.8, 4) is 0 Å². The summed E-state index contributed by atoms with van der Waals surface area (Å²) in [5, 5.41) is 36.2. The lowest BCUT2D eigenvalue weighted by molar-refractivity contribution is -0.545. The topological polar surface area (TPSA) is 236 Å². The number of aryl methyl sites for hydroxylation is 1. The zero-order chi connectivity index (χ0) is 30.6. The summed E-state index contributed by atoms with van der Waals surface area (Å²) in [5.41, 5.74) is 2.27. The maximum atomic E-state index is 12.1. The number of nitro groups is 2. The predicted molar refractivity (Wildman–Crippen MR) is 144 cm³/mol. The van der Waals surface area contributed by atoms with Gasteiger partial charge < -0.3 is 9.29 Å². The van der Waals surface area contributed by atoms with Crippen molar-refractivity contribution >= 4 is 55.7 Å². The highest BCUT2D eigenvalue weighted by molar-refractivity contribution is 7.86. The first kappa shape index (κ1) is 29.5. The molecule has 19 heteroatoms. The number of carbonyl (C=O) groups is 1. The number of aromatic nitrogens is 3. The number of anilines is 2. The molecule has 2 N–H and O–H groups in total. The van der Waals surface area contributed by atoms with E-state index in [0.717, 1.165) is 0 Å². The molecular formula is C23H21N9O9S. The number of ether oxygens (including phenoxy) is 1. The van der Waals surface area contributed by atoms with E-state index in [1.165, 1.54) is 68.9 Å². The number of amidine groups is 1. The maximum absolute atomic E-state index is 12.1. The van der Waals surface area contributed by atoms with Crippen molar-refractivity contribution in [2.24, 2.45) is 12.1 Å². The van der Waals surface area contributed by atoms with E-state index >= 15 is 0 Å². The Hall–Kier alpha value is -5.53. The van der Waals surface area contributed by atoms with Crippen LogP contribution in [0.15, 0.2) is 76.7 Å². The summed E-state index contributed by atoms with van der Waals surface area (Å²) < 4.78 is 38.8. The van der Waals surface area contributed by atoms with Crippen LogP contribution in [-0.2, 0) is 26.7 Å². The average molecular weight is 600 g/mol. The van der Waals surface area contributed by atoms with Crippen LogP contribution in [0.3, 0.4) is 0 Å². The Labute approximate surface area is 236 Å². The van der Waals surface area contributed by atoms with Gasteiger partial charge in [-0.25, -0.2) is 17.9 Å². The standard InChI is InChI=1S/C16H14N6O6.C7H7N3O3S/c1-2-28-16(23)15-17-19(11-5-3-7-13(9-11)21(24)25)20(18-15)12-6-4-8-14(10-12)22(26)27;1-10-5-3-2-4-6(14(11,12)13)7(5)8-9-10/h3-10H,2H2,1H3,(H,17,18);2-4H,1H3,(H,11,12,13). The van der Waals surface area contributed by atoms with Crippen molar-refractivity contribution in [2.75, 3.05) is 16.8 Å². The van der Waals surface area contributed by atoms with Crippen molar-refractivity contribution in [2.45, 2.75) is 11.8 Å². The van der Waals surface area contributed by atoms with E-state index in [4.69, 9.17) is 4.74 Å². The number of esters is 1. The number of hydrazone groups is 1. The van der Waals surface area contributed by atoms with Crippen molar-refractivity contribution in [1.82, 2.24) is 15.0 Å². The second-order valence-corrected chi connectivity index (χ2v) is 9.66. The van der Waals surface area contributed by atoms with Gasteiger partial charge in [-0.2, -0.15) is 5.43 Å². The van der Waals surface area contributed by atoms with E-state index in [2.05, 4.69) is 15.4 Å². The largest absolute Gasteiger partial charge is 0.744 e. The highest BCUT2D eigenvalue weighted by Crippen LogP contribution is 2.27. The van der Waals surface area contributed by atoms with Crippen LogP contribution in [0.4, 0.5) is 22.7 Å². The van der Waals surface area contributed by atoms with E-state index in [9.17, 15) is 38.0 Å². The Morgan fingerprint density at radius 2 is 1.57 bits per heavy atom. The molecule has 0 bridgehead atoms. The Morgan fingerprint density at radius 1 is 0.976 bits per heavy atom. The third kappa shape index (κ3) is 6.27. The summed E-state index contributed by atoms with van der Waals surface area (Å²) in [5.74, 6) is -0.745. The van der Waals surface area contributed by atoms with Gasteiger partial charge in [0.2, 0.25) is 0 Å². The second kappa shape index (κ2) is 11.9. The lowest BCUT2D eigenvalue weighted by atomic mass is 10.2. The first-order valence-corrected chi connectivity index (χ1v) is 13.2. The van der Waals surface area contributed by atoms with Gasteiger partial charge in [-0.15, -0.1) is 15.3 Å². The fourth-order valence-corrected chi connectivity index (χ4v) is 4.35. The molecule has 1 aromatic heterocycles. The number of hydrogen-bond donors (Lipinski definition) is 1. The Balaban J connectivity index is 0.000000241. The molecule has 0 radical (unpaired) electrons. The number of rotatable bonds is 7. The van der Waals surface area contributed by atoms with E-state index in [0.29, 0.717) is 11.2 Å². The van der Waals surface area contributed by atoms with E-state index in [-0.39, 0.29) is 39.9 Å². The molecule has 18 nitrogen and oxygen atoms in total. The number of nitrogens with two attached hydrogens (primary N) is 1. The summed E-state index contributed by atoms with van der Waals surface area (Å²) >= 11 is 0. The quantitative estimate of drug-likeness (QED) is 0.103. The molecule has 1 aliphatic rings. The zero-order valence-corrected chi connectivity index (χ0v) is 22.6. The fraction of sp³-hybridized carbons (Fsp3) is 0.130. The third-order valence-electron chi connectivity index (χ3n) is 5.59. The van der Waals surface area contributed by atoms with Crippen LogP contribution in [0.5, 0.6) is 0 Å². The van der Waals surface area contributed by atoms with Crippen molar-refractivity contribution in [1.29, 1.82) is 0 Å². The summed E-state index contributed by atoms with van der Waals surface area (Å²) in [6.45, 7) is 1.78. The molecule has 0 fully saturated rings. The SMILES string of the molecule is CCOC(=O)C1=NN(c2cccc([N+](=O)[O-])c2)N(c2cccc([N+](=O)[O-])c2)[NH2+]1.Cn1nnc2c(S(=O)(=O)[O-])cccc21. The summed E-state index contributed by atoms with van der Waals surface area (Å²) in [7, 11) is -2.86. The highest BCUT2D eigenvalue weighted by atomic mass is 32.2. The maximum Gasteiger partial charge on any atom is 0.418 e. The first-order chi connectivity index (χ1) is 19.9. The van der Waals surface area contributed by atoms with Gasteiger partial charge in [0.25, 0.3) is 11.4 Å². The second-order valence-electron chi connectivity index (χ2n) is 8.31. The number of non-ortho nitro benzene ring substituents is 2. The van der Waals surface area contributed by atoms with Gasteiger partial charge in [0, 0.05) is 31.3 Å². The van der Waals surface area contributed by atoms with Gasteiger partial charge in [0.15, 0.2) is 0 Å². The molecule has 0 saturated carbocycles. The molecule has 1 aliphatic heterocycles. The fourth-order valence-electron chi connectivity index (χ4n) is 3.73.